The zero-order valence-corrected chi connectivity index (χ0v) is 15.3. The van der Waals surface area contributed by atoms with E-state index in [4.69, 9.17) is 4.74 Å². The van der Waals surface area contributed by atoms with Crippen molar-refractivity contribution in [3.63, 3.8) is 0 Å². The molecular formula is C18H27N5O2. The van der Waals surface area contributed by atoms with Crippen LogP contribution in [-0.2, 0) is 11.3 Å². The Labute approximate surface area is 148 Å². The smallest absolute Gasteiger partial charge is 0.259 e. The van der Waals surface area contributed by atoms with Crippen molar-refractivity contribution >= 4 is 11.6 Å². The summed E-state index contributed by atoms with van der Waals surface area (Å²) in [5.74, 6) is 0.00791. The molecule has 0 atom stereocenters. The van der Waals surface area contributed by atoms with Gasteiger partial charge in [0.1, 0.15) is 5.56 Å². The Morgan fingerprint density at radius 3 is 2.64 bits per heavy atom. The van der Waals surface area contributed by atoms with E-state index in [1.807, 2.05) is 17.3 Å². The van der Waals surface area contributed by atoms with Crippen LogP contribution in [0.5, 0.6) is 0 Å². The van der Waals surface area contributed by atoms with Gasteiger partial charge in [0.2, 0.25) is 0 Å². The molecule has 3 heterocycles. The van der Waals surface area contributed by atoms with Gasteiger partial charge < -0.3 is 9.64 Å². The van der Waals surface area contributed by atoms with E-state index in [-0.39, 0.29) is 12.0 Å². The maximum atomic E-state index is 12.8. The van der Waals surface area contributed by atoms with Gasteiger partial charge in [-0.2, -0.15) is 5.10 Å². The lowest BCUT2D eigenvalue weighted by molar-refractivity contribution is 0.0351. The summed E-state index contributed by atoms with van der Waals surface area (Å²) < 4.78 is 7.09. The Kier molecular flexibility index (Phi) is 5.65. The minimum atomic E-state index is 0.00791. The summed E-state index contributed by atoms with van der Waals surface area (Å²) in [6, 6.07) is 0. The molecule has 1 aliphatic rings. The molecule has 0 aliphatic carbocycles. The lowest BCUT2D eigenvalue weighted by Crippen LogP contribution is -2.40. The Morgan fingerprint density at radius 1 is 1.28 bits per heavy atom. The largest absolute Gasteiger partial charge is 0.381 e. The van der Waals surface area contributed by atoms with Crippen LogP contribution in [0.15, 0.2) is 18.6 Å². The number of nitrogens with zero attached hydrogens (tertiary/aromatic N) is 5. The summed E-state index contributed by atoms with van der Waals surface area (Å²) in [6.45, 7) is 8.55. The Hall–Kier alpha value is -1.99. The predicted octanol–water partition coefficient (Wildman–Crippen LogP) is 1.82. The van der Waals surface area contributed by atoms with Crippen molar-refractivity contribution in [2.45, 2.75) is 39.3 Å². The molecule has 1 aliphatic heterocycles. The third-order valence-corrected chi connectivity index (χ3v) is 5.00. The van der Waals surface area contributed by atoms with Crippen LogP contribution in [0.4, 0.5) is 0 Å². The van der Waals surface area contributed by atoms with Gasteiger partial charge in [-0.25, -0.2) is 9.50 Å². The molecule has 0 saturated carbocycles. The van der Waals surface area contributed by atoms with E-state index in [0.717, 1.165) is 38.0 Å². The lowest BCUT2D eigenvalue weighted by Gasteiger charge is -2.30. The normalized spacial score (nSPS) is 16.1. The first-order valence-electron chi connectivity index (χ1n) is 9.02. The van der Waals surface area contributed by atoms with Crippen LogP contribution in [0.1, 0.15) is 42.6 Å². The van der Waals surface area contributed by atoms with Gasteiger partial charge in [0.05, 0.1) is 12.3 Å². The first kappa shape index (κ1) is 17.8. The van der Waals surface area contributed by atoms with Crippen molar-refractivity contribution in [2.75, 3.05) is 33.3 Å². The quantitative estimate of drug-likeness (QED) is 0.799. The minimum Gasteiger partial charge on any atom is -0.381 e. The van der Waals surface area contributed by atoms with Crippen LogP contribution in [0, 0.1) is 0 Å². The Morgan fingerprint density at radius 2 is 2.00 bits per heavy atom. The van der Waals surface area contributed by atoms with Gasteiger partial charge in [0.25, 0.3) is 5.91 Å². The van der Waals surface area contributed by atoms with Crippen LogP contribution in [0.25, 0.3) is 5.65 Å². The molecule has 1 saturated heterocycles. The number of likely N-dealkylation sites (tertiary alicyclic amines) is 1. The number of hydrogen-bond donors (Lipinski definition) is 0. The SMILES string of the molecule is CCN(CC)Cc1cnc2c(C(=O)N3CCC(OC)CC3)cnn2c1. The second-order valence-electron chi connectivity index (χ2n) is 6.48. The molecule has 0 bridgehead atoms. The fraction of sp³-hybridized carbons (Fsp3) is 0.611. The molecule has 0 spiro atoms. The number of piperidine rings is 1. The summed E-state index contributed by atoms with van der Waals surface area (Å²) >= 11 is 0. The number of carbonyl (C=O) groups excluding carboxylic acids is 1. The number of ether oxygens (including phenoxy) is 1. The number of methoxy groups -OCH3 is 1. The van der Waals surface area contributed by atoms with Crippen molar-refractivity contribution in [1.29, 1.82) is 0 Å². The van der Waals surface area contributed by atoms with Crippen molar-refractivity contribution in [3.05, 3.63) is 29.7 Å². The second kappa shape index (κ2) is 7.93. The van der Waals surface area contributed by atoms with E-state index in [1.165, 1.54) is 0 Å². The number of hydrogen-bond acceptors (Lipinski definition) is 5. The zero-order chi connectivity index (χ0) is 17.8. The van der Waals surface area contributed by atoms with Crippen molar-refractivity contribution in [2.24, 2.45) is 0 Å². The molecule has 0 N–H and O–H groups in total. The molecule has 0 aromatic carbocycles. The number of rotatable bonds is 6. The van der Waals surface area contributed by atoms with Gasteiger partial charge in [0.15, 0.2) is 5.65 Å². The third kappa shape index (κ3) is 3.82. The van der Waals surface area contributed by atoms with Gasteiger partial charge >= 0.3 is 0 Å². The standard InChI is InChI=1S/C18H27N5O2/c1-4-21(5-2)12-14-10-19-17-16(11-20-23(17)13-14)18(24)22-8-6-15(25-3)7-9-22/h10-11,13,15H,4-9,12H2,1-3H3. The maximum absolute atomic E-state index is 12.8. The molecule has 7 heteroatoms. The number of carbonyl (C=O) groups is 1. The summed E-state index contributed by atoms with van der Waals surface area (Å²) in [7, 11) is 1.73. The lowest BCUT2D eigenvalue weighted by atomic mass is 10.1. The molecule has 3 rings (SSSR count). The van der Waals surface area contributed by atoms with Crippen LogP contribution in [-0.4, -0.2) is 69.7 Å². The van der Waals surface area contributed by atoms with E-state index in [2.05, 4.69) is 28.8 Å². The van der Waals surface area contributed by atoms with E-state index in [1.54, 1.807) is 17.8 Å². The van der Waals surface area contributed by atoms with Crippen LogP contribution in [0.2, 0.25) is 0 Å². The topological polar surface area (TPSA) is 63.0 Å². The highest BCUT2D eigenvalue weighted by Gasteiger charge is 2.25. The van der Waals surface area contributed by atoms with Gasteiger partial charge in [-0.3, -0.25) is 9.69 Å². The van der Waals surface area contributed by atoms with Gasteiger partial charge in [0, 0.05) is 44.7 Å². The average molecular weight is 345 g/mol. The molecule has 2 aromatic heterocycles. The van der Waals surface area contributed by atoms with Gasteiger partial charge in [-0.1, -0.05) is 13.8 Å². The van der Waals surface area contributed by atoms with E-state index < -0.39 is 0 Å². The van der Waals surface area contributed by atoms with Crippen LogP contribution in [0.3, 0.4) is 0 Å². The highest BCUT2D eigenvalue weighted by molar-refractivity contribution is 5.99. The molecular weight excluding hydrogens is 318 g/mol. The van der Waals surface area contributed by atoms with E-state index in [0.29, 0.717) is 24.3 Å². The first-order valence-corrected chi connectivity index (χ1v) is 9.02. The molecule has 1 fully saturated rings. The molecule has 7 nitrogen and oxygen atoms in total. The van der Waals surface area contributed by atoms with E-state index >= 15 is 0 Å². The molecule has 2 aromatic rings. The van der Waals surface area contributed by atoms with Crippen molar-refractivity contribution in [3.8, 4) is 0 Å². The fourth-order valence-electron chi connectivity index (χ4n) is 3.32. The van der Waals surface area contributed by atoms with Gasteiger partial charge in [-0.15, -0.1) is 0 Å². The summed E-state index contributed by atoms with van der Waals surface area (Å²) in [6.07, 6.45) is 7.46. The molecule has 0 unspecified atom stereocenters. The monoisotopic (exact) mass is 345 g/mol. The zero-order valence-electron chi connectivity index (χ0n) is 15.3. The summed E-state index contributed by atoms with van der Waals surface area (Å²) in [5.41, 5.74) is 2.30. The number of aromatic nitrogens is 3. The Bertz CT molecular complexity index is 717. The predicted molar refractivity (Wildman–Crippen MR) is 95.5 cm³/mol. The fourth-order valence-corrected chi connectivity index (χ4v) is 3.32. The van der Waals surface area contributed by atoms with Crippen molar-refractivity contribution in [1.82, 2.24) is 24.4 Å². The maximum Gasteiger partial charge on any atom is 0.259 e. The molecule has 136 valence electrons. The summed E-state index contributed by atoms with van der Waals surface area (Å²) in [5, 5.41) is 4.35. The number of amides is 1. The molecule has 0 radical (unpaired) electrons. The minimum absolute atomic E-state index is 0.00791. The second-order valence-corrected chi connectivity index (χ2v) is 6.48. The average Bonchev–Trinajstić information content (AvgIpc) is 3.08. The van der Waals surface area contributed by atoms with E-state index in [9.17, 15) is 4.79 Å². The highest BCUT2D eigenvalue weighted by atomic mass is 16.5. The van der Waals surface area contributed by atoms with Crippen LogP contribution < -0.4 is 0 Å². The number of fused-ring (bicyclic) bond motifs is 1. The summed E-state index contributed by atoms with van der Waals surface area (Å²) in [4.78, 5) is 21.5. The molecule has 1 amide bonds. The van der Waals surface area contributed by atoms with Crippen molar-refractivity contribution < 1.29 is 9.53 Å². The van der Waals surface area contributed by atoms with Crippen LogP contribution >= 0.6 is 0 Å². The Balaban J connectivity index is 1.75. The first-order chi connectivity index (χ1) is 12.2. The molecule has 25 heavy (non-hydrogen) atoms. The highest BCUT2D eigenvalue weighted by Crippen LogP contribution is 2.18. The third-order valence-electron chi connectivity index (χ3n) is 5.00. The van der Waals surface area contributed by atoms with Gasteiger partial charge in [-0.05, 0) is 25.9 Å².